The Morgan fingerprint density at radius 3 is 1.75 bits per heavy atom. The Hall–Kier alpha value is -0.570. The van der Waals surface area contributed by atoms with Gasteiger partial charge in [0, 0.05) is 25.0 Å². The van der Waals surface area contributed by atoms with Crippen LogP contribution in [0, 0.1) is 0 Å². The first-order chi connectivity index (χ1) is 7.43. The highest BCUT2D eigenvalue weighted by Gasteiger charge is 2.19. The van der Waals surface area contributed by atoms with Crippen LogP contribution < -0.4 is 0 Å². The van der Waals surface area contributed by atoms with Crippen LogP contribution in [-0.4, -0.2) is 47.4 Å². The average molecular weight is 228 g/mol. The van der Waals surface area contributed by atoms with E-state index >= 15 is 0 Å². The normalized spacial score (nSPS) is 11.6. The highest BCUT2D eigenvalue weighted by Crippen LogP contribution is 2.08. The molecule has 0 aliphatic carbocycles. The fourth-order valence-corrected chi connectivity index (χ4v) is 2.09. The van der Waals surface area contributed by atoms with Gasteiger partial charge in [0.05, 0.1) is 0 Å². The highest BCUT2D eigenvalue weighted by molar-refractivity contribution is 5.76. The molecule has 0 heterocycles. The van der Waals surface area contributed by atoms with Gasteiger partial charge in [0.25, 0.3) is 0 Å². The Kier molecular flexibility index (Phi) is 7.39. The molecular weight excluding hydrogens is 200 g/mol. The van der Waals surface area contributed by atoms with E-state index in [4.69, 9.17) is 0 Å². The zero-order valence-electron chi connectivity index (χ0n) is 11.8. The first-order valence-corrected chi connectivity index (χ1v) is 6.47. The summed E-state index contributed by atoms with van der Waals surface area (Å²) in [7, 11) is 0. The van der Waals surface area contributed by atoms with Crippen molar-refractivity contribution in [3.05, 3.63) is 0 Å². The van der Waals surface area contributed by atoms with Crippen molar-refractivity contribution in [2.45, 2.75) is 60.0 Å². The summed E-state index contributed by atoms with van der Waals surface area (Å²) in [5.74, 6) is 0.275. The third kappa shape index (κ3) is 4.97. The molecule has 0 aliphatic rings. The van der Waals surface area contributed by atoms with Gasteiger partial charge >= 0.3 is 0 Å². The first-order valence-electron chi connectivity index (χ1n) is 6.47. The van der Waals surface area contributed by atoms with Crippen molar-refractivity contribution < 1.29 is 4.79 Å². The monoisotopic (exact) mass is 228 g/mol. The lowest BCUT2D eigenvalue weighted by Crippen LogP contribution is -2.43. The molecule has 3 heteroatoms. The molecule has 3 nitrogen and oxygen atoms in total. The number of hydrogen-bond donors (Lipinski definition) is 0. The molecule has 0 unspecified atom stereocenters. The van der Waals surface area contributed by atoms with Crippen molar-refractivity contribution >= 4 is 5.91 Å². The minimum atomic E-state index is 0.275. The van der Waals surface area contributed by atoms with E-state index in [2.05, 4.69) is 46.4 Å². The van der Waals surface area contributed by atoms with E-state index in [0.717, 1.165) is 19.6 Å². The van der Waals surface area contributed by atoms with Crippen LogP contribution in [0.4, 0.5) is 0 Å². The molecule has 1 amide bonds. The van der Waals surface area contributed by atoms with Gasteiger partial charge in [0.2, 0.25) is 5.91 Å². The fourth-order valence-electron chi connectivity index (χ4n) is 2.09. The molecule has 0 aromatic heterocycles. The van der Waals surface area contributed by atoms with Gasteiger partial charge in [-0.2, -0.15) is 0 Å². The smallest absolute Gasteiger partial charge is 0.224 e. The minimum absolute atomic E-state index is 0.275. The maximum absolute atomic E-state index is 12.1. The average Bonchev–Trinajstić information content (AvgIpc) is 2.18. The molecule has 0 N–H and O–H groups in total. The van der Waals surface area contributed by atoms with Crippen LogP contribution in [0.15, 0.2) is 0 Å². The Morgan fingerprint density at radius 1 is 1.00 bits per heavy atom. The molecule has 0 bridgehead atoms. The summed E-state index contributed by atoms with van der Waals surface area (Å²) < 4.78 is 0. The van der Waals surface area contributed by atoms with E-state index < -0.39 is 0 Å². The molecule has 0 aromatic carbocycles. The Bertz CT molecular complexity index is 190. The van der Waals surface area contributed by atoms with Crippen LogP contribution in [0.25, 0.3) is 0 Å². The van der Waals surface area contributed by atoms with Crippen LogP contribution in [-0.2, 0) is 4.79 Å². The summed E-state index contributed by atoms with van der Waals surface area (Å²) in [6.07, 6.45) is 0.637. The van der Waals surface area contributed by atoms with Crippen LogP contribution in [0.1, 0.15) is 48.0 Å². The first kappa shape index (κ1) is 15.4. The summed E-state index contributed by atoms with van der Waals surface area (Å²) in [4.78, 5) is 16.3. The molecule has 0 saturated heterocycles. The molecule has 0 fully saturated rings. The van der Waals surface area contributed by atoms with Crippen molar-refractivity contribution in [2.75, 3.05) is 19.6 Å². The number of hydrogen-bond acceptors (Lipinski definition) is 2. The van der Waals surface area contributed by atoms with Gasteiger partial charge in [-0.3, -0.25) is 4.79 Å². The molecule has 0 radical (unpaired) electrons. The van der Waals surface area contributed by atoms with E-state index in [1.807, 2.05) is 4.90 Å². The van der Waals surface area contributed by atoms with Crippen LogP contribution in [0.3, 0.4) is 0 Å². The topological polar surface area (TPSA) is 23.6 Å². The number of carbonyl (C=O) groups is 1. The van der Waals surface area contributed by atoms with Gasteiger partial charge in [-0.05, 0) is 40.8 Å². The molecule has 16 heavy (non-hydrogen) atoms. The van der Waals surface area contributed by atoms with Crippen LogP contribution in [0.5, 0.6) is 0 Å². The standard InChI is InChI=1S/C13H28N2O/c1-7-14(8-2)10-9-13(16)15(11(3)4)12(5)6/h11-12H,7-10H2,1-6H3. The summed E-state index contributed by atoms with van der Waals surface area (Å²) >= 11 is 0. The second kappa shape index (κ2) is 7.66. The van der Waals surface area contributed by atoms with Gasteiger partial charge < -0.3 is 9.80 Å². The lowest BCUT2D eigenvalue weighted by atomic mass is 10.2. The Morgan fingerprint density at radius 2 is 1.44 bits per heavy atom. The molecule has 0 spiro atoms. The predicted molar refractivity (Wildman–Crippen MR) is 69.5 cm³/mol. The van der Waals surface area contributed by atoms with Crippen molar-refractivity contribution in [2.24, 2.45) is 0 Å². The summed E-state index contributed by atoms with van der Waals surface area (Å²) in [5, 5.41) is 0. The quantitative estimate of drug-likeness (QED) is 0.668. The fraction of sp³-hybridized carbons (Fsp3) is 0.923. The van der Waals surface area contributed by atoms with Gasteiger partial charge in [-0.25, -0.2) is 0 Å². The molecule has 0 rings (SSSR count). The summed E-state index contributed by atoms with van der Waals surface area (Å²) in [5.41, 5.74) is 0. The molecule has 96 valence electrons. The van der Waals surface area contributed by atoms with Gasteiger partial charge in [-0.1, -0.05) is 13.8 Å². The SMILES string of the molecule is CCN(CC)CCC(=O)N(C(C)C)C(C)C. The minimum Gasteiger partial charge on any atom is -0.338 e. The van der Waals surface area contributed by atoms with Crippen molar-refractivity contribution in [3.8, 4) is 0 Å². The molecule has 0 saturated carbocycles. The van der Waals surface area contributed by atoms with E-state index in [-0.39, 0.29) is 5.91 Å². The van der Waals surface area contributed by atoms with E-state index in [0.29, 0.717) is 18.5 Å². The molecule has 0 aromatic rings. The number of nitrogens with zero attached hydrogens (tertiary/aromatic N) is 2. The zero-order chi connectivity index (χ0) is 12.7. The molecule has 0 aliphatic heterocycles. The maximum Gasteiger partial charge on any atom is 0.224 e. The van der Waals surface area contributed by atoms with Gasteiger partial charge in [0.15, 0.2) is 0 Å². The summed E-state index contributed by atoms with van der Waals surface area (Å²) in [6, 6.07) is 0.591. The largest absolute Gasteiger partial charge is 0.338 e. The lowest BCUT2D eigenvalue weighted by molar-refractivity contribution is -0.135. The third-order valence-corrected chi connectivity index (χ3v) is 2.94. The second-order valence-corrected chi connectivity index (χ2v) is 4.77. The van der Waals surface area contributed by atoms with Crippen LogP contribution >= 0.6 is 0 Å². The van der Waals surface area contributed by atoms with Crippen LogP contribution in [0.2, 0.25) is 0 Å². The summed E-state index contributed by atoms with van der Waals surface area (Å²) in [6.45, 7) is 15.5. The maximum atomic E-state index is 12.1. The van der Waals surface area contributed by atoms with E-state index in [1.54, 1.807) is 0 Å². The van der Waals surface area contributed by atoms with Gasteiger partial charge in [-0.15, -0.1) is 0 Å². The number of carbonyl (C=O) groups excluding carboxylic acids is 1. The van der Waals surface area contributed by atoms with E-state index in [9.17, 15) is 4.79 Å². The number of rotatable bonds is 7. The predicted octanol–water partition coefficient (Wildman–Crippen LogP) is 2.36. The Balaban J connectivity index is 4.21. The van der Waals surface area contributed by atoms with Crippen molar-refractivity contribution in [1.29, 1.82) is 0 Å². The zero-order valence-corrected chi connectivity index (χ0v) is 11.8. The van der Waals surface area contributed by atoms with Gasteiger partial charge in [0.1, 0.15) is 0 Å². The Labute approximate surface area is 101 Å². The second-order valence-electron chi connectivity index (χ2n) is 4.77. The number of amides is 1. The third-order valence-electron chi connectivity index (χ3n) is 2.94. The van der Waals surface area contributed by atoms with E-state index in [1.165, 1.54) is 0 Å². The molecular formula is C13H28N2O. The molecule has 0 atom stereocenters. The highest BCUT2D eigenvalue weighted by atomic mass is 16.2. The van der Waals surface area contributed by atoms with Crippen molar-refractivity contribution in [1.82, 2.24) is 9.80 Å². The lowest BCUT2D eigenvalue weighted by Gasteiger charge is -2.31. The van der Waals surface area contributed by atoms with Crippen molar-refractivity contribution in [3.63, 3.8) is 0 Å².